The summed E-state index contributed by atoms with van der Waals surface area (Å²) < 4.78 is 5.80. The lowest BCUT2D eigenvalue weighted by molar-refractivity contribution is -0.132. The van der Waals surface area contributed by atoms with Crippen LogP contribution >= 0.6 is 0 Å². The Morgan fingerprint density at radius 3 is 2.67 bits per heavy atom. The number of carbonyl (C=O) groups is 2. The summed E-state index contributed by atoms with van der Waals surface area (Å²) in [5, 5.41) is 2.94. The first-order valence-electron chi connectivity index (χ1n) is 8.75. The van der Waals surface area contributed by atoms with Gasteiger partial charge in [0.15, 0.2) is 0 Å². The number of nitrogens with zero attached hydrogens (tertiary/aromatic N) is 1. The molecule has 3 rings (SSSR count). The first-order valence-corrected chi connectivity index (χ1v) is 8.75. The zero-order valence-electron chi connectivity index (χ0n) is 14.7. The predicted molar refractivity (Wildman–Crippen MR) is 92.0 cm³/mol. The quantitative estimate of drug-likeness (QED) is 0.863. The Bertz CT molecular complexity index is 648. The average Bonchev–Trinajstić information content (AvgIpc) is 2.78. The molecule has 0 radical (unpaired) electrons. The van der Waals surface area contributed by atoms with Gasteiger partial charge in [-0.2, -0.15) is 0 Å². The van der Waals surface area contributed by atoms with Crippen LogP contribution in [0.25, 0.3) is 0 Å². The second-order valence-electron chi connectivity index (χ2n) is 7.27. The number of aryl methyl sites for hydroxylation is 2. The molecule has 3 amide bonds. The fraction of sp³-hybridized carbons (Fsp3) is 0.579. The minimum atomic E-state index is -0.664. The van der Waals surface area contributed by atoms with Crippen molar-refractivity contribution >= 4 is 11.9 Å². The monoisotopic (exact) mass is 330 g/mol. The van der Waals surface area contributed by atoms with Crippen molar-refractivity contribution in [2.75, 3.05) is 13.2 Å². The van der Waals surface area contributed by atoms with E-state index in [4.69, 9.17) is 4.74 Å². The second-order valence-corrected chi connectivity index (χ2v) is 7.27. The van der Waals surface area contributed by atoms with E-state index in [2.05, 4.69) is 12.2 Å². The van der Waals surface area contributed by atoms with Crippen LogP contribution in [0.1, 0.15) is 43.7 Å². The van der Waals surface area contributed by atoms with E-state index in [1.165, 1.54) is 4.90 Å². The molecule has 1 N–H and O–H groups in total. The Balaban J connectivity index is 1.60. The average molecular weight is 330 g/mol. The summed E-state index contributed by atoms with van der Waals surface area (Å²) in [6.45, 7) is 6.80. The van der Waals surface area contributed by atoms with Crippen molar-refractivity contribution < 1.29 is 14.3 Å². The predicted octanol–water partition coefficient (Wildman–Crippen LogP) is 3.18. The van der Waals surface area contributed by atoms with Gasteiger partial charge in [0.2, 0.25) is 0 Å². The molecule has 0 atom stereocenters. The fourth-order valence-electron chi connectivity index (χ4n) is 3.58. The molecule has 0 bridgehead atoms. The Morgan fingerprint density at radius 1 is 1.25 bits per heavy atom. The maximum Gasteiger partial charge on any atom is 0.325 e. The highest BCUT2D eigenvalue weighted by Crippen LogP contribution is 2.36. The van der Waals surface area contributed by atoms with Crippen LogP contribution in [0.2, 0.25) is 0 Å². The number of imide groups is 1. The molecule has 5 nitrogen and oxygen atoms in total. The third-order valence-electron chi connectivity index (χ3n) is 5.29. The molecule has 1 aliphatic heterocycles. The molecule has 1 saturated carbocycles. The van der Waals surface area contributed by atoms with Gasteiger partial charge in [0, 0.05) is 0 Å². The molecule has 1 heterocycles. The maximum absolute atomic E-state index is 12.7. The highest BCUT2D eigenvalue weighted by atomic mass is 16.5. The van der Waals surface area contributed by atoms with Gasteiger partial charge in [-0.3, -0.25) is 9.69 Å². The lowest BCUT2D eigenvalue weighted by atomic mass is 9.77. The fourth-order valence-corrected chi connectivity index (χ4v) is 3.58. The van der Waals surface area contributed by atoms with Crippen LogP contribution in [-0.2, 0) is 4.79 Å². The van der Waals surface area contributed by atoms with Gasteiger partial charge in [-0.15, -0.1) is 0 Å². The summed E-state index contributed by atoms with van der Waals surface area (Å²) in [5.74, 6) is 1.36. The normalized spacial score (nSPS) is 26.8. The van der Waals surface area contributed by atoms with E-state index >= 15 is 0 Å². The number of hydrogen-bond donors (Lipinski definition) is 1. The van der Waals surface area contributed by atoms with E-state index in [0.717, 1.165) is 42.6 Å². The number of urea groups is 1. The molecule has 1 spiro atoms. The molecule has 1 saturated heterocycles. The van der Waals surface area contributed by atoms with E-state index in [-0.39, 0.29) is 18.5 Å². The van der Waals surface area contributed by atoms with Crippen LogP contribution in [0.4, 0.5) is 4.79 Å². The lowest BCUT2D eigenvalue weighted by Crippen LogP contribution is -2.49. The van der Waals surface area contributed by atoms with Gasteiger partial charge in [0.1, 0.15) is 17.9 Å². The molecule has 2 aliphatic rings. The second kappa shape index (κ2) is 6.46. The van der Waals surface area contributed by atoms with Crippen molar-refractivity contribution in [3.05, 3.63) is 29.3 Å². The topological polar surface area (TPSA) is 58.6 Å². The van der Waals surface area contributed by atoms with Gasteiger partial charge >= 0.3 is 6.03 Å². The van der Waals surface area contributed by atoms with E-state index in [1.54, 1.807) is 0 Å². The summed E-state index contributed by atoms with van der Waals surface area (Å²) in [6.07, 6.45) is 3.46. The summed E-state index contributed by atoms with van der Waals surface area (Å²) in [6, 6.07) is 5.74. The molecule has 1 aromatic carbocycles. The van der Waals surface area contributed by atoms with Crippen LogP contribution < -0.4 is 10.1 Å². The summed E-state index contributed by atoms with van der Waals surface area (Å²) in [5.41, 5.74) is 1.51. The Morgan fingerprint density at radius 2 is 1.96 bits per heavy atom. The zero-order valence-corrected chi connectivity index (χ0v) is 14.7. The third kappa shape index (κ3) is 3.12. The van der Waals surface area contributed by atoms with Gasteiger partial charge in [-0.05, 0) is 62.6 Å². The minimum Gasteiger partial charge on any atom is -0.491 e. The van der Waals surface area contributed by atoms with Crippen LogP contribution in [0.15, 0.2) is 18.2 Å². The lowest BCUT2D eigenvalue weighted by Gasteiger charge is -2.33. The molecule has 5 heteroatoms. The third-order valence-corrected chi connectivity index (χ3v) is 5.29. The smallest absolute Gasteiger partial charge is 0.325 e. The number of hydrogen-bond acceptors (Lipinski definition) is 3. The van der Waals surface area contributed by atoms with Crippen molar-refractivity contribution in [2.45, 2.75) is 52.0 Å². The number of ether oxygens (including phenoxy) is 1. The highest BCUT2D eigenvalue weighted by Gasteiger charge is 2.51. The molecule has 1 aliphatic carbocycles. The number of nitrogens with one attached hydrogen (secondary N) is 1. The standard InChI is InChI=1S/C19H26N2O3/c1-13-6-8-19(9-7-13)17(22)21(18(23)20-19)10-11-24-16-12-14(2)4-5-15(16)3/h4-5,12-13H,6-11H2,1-3H3,(H,20,23). The van der Waals surface area contributed by atoms with E-state index in [0.29, 0.717) is 12.5 Å². The number of amides is 3. The van der Waals surface area contributed by atoms with E-state index in [1.807, 2.05) is 32.0 Å². The number of carbonyl (C=O) groups excluding carboxylic acids is 2. The Hall–Kier alpha value is -2.04. The molecule has 2 fully saturated rings. The molecule has 1 aromatic rings. The van der Waals surface area contributed by atoms with Gasteiger partial charge in [-0.25, -0.2) is 4.79 Å². The first-order chi connectivity index (χ1) is 11.4. The van der Waals surface area contributed by atoms with Crippen LogP contribution in [0.5, 0.6) is 5.75 Å². The molecule has 0 aromatic heterocycles. The summed E-state index contributed by atoms with van der Waals surface area (Å²) >= 11 is 0. The Labute approximate surface area is 143 Å². The minimum absolute atomic E-state index is 0.0797. The van der Waals surface area contributed by atoms with Gasteiger partial charge in [-0.1, -0.05) is 19.1 Å². The van der Waals surface area contributed by atoms with Crippen molar-refractivity contribution in [2.24, 2.45) is 5.92 Å². The van der Waals surface area contributed by atoms with Gasteiger partial charge in [0.25, 0.3) is 5.91 Å². The first kappa shape index (κ1) is 16.8. The molecular weight excluding hydrogens is 304 g/mol. The maximum atomic E-state index is 12.7. The number of rotatable bonds is 4. The largest absolute Gasteiger partial charge is 0.491 e. The van der Waals surface area contributed by atoms with Gasteiger partial charge < -0.3 is 10.1 Å². The van der Waals surface area contributed by atoms with E-state index < -0.39 is 5.54 Å². The van der Waals surface area contributed by atoms with Crippen LogP contribution in [-0.4, -0.2) is 35.5 Å². The van der Waals surface area contributed by atoms with E-state index in [9.17, 15) is 9.59 Å². The van der Waals surface area contributed by atoms with Crippen LogP contribution in [0, 0.1) is 19.8 Å². The molecule has 130 valence electrons. The summed E-state index contributed by atoms with van der Waals surface area (Å²) in [7, 11) is 0. The van der Waals surface area contributed by atoms with Crippen molar-refractivity contribution in [3.8, 4) is 5.75 Å². The number of benzene rings is 1. The SMILES string of the molecule is Cc1ccc(C)c(OCCN2C(=O)NC3(CCC(C)CC3)C2=O)c1. The van der Waals surface area contributed by atoms with Crippen molar-refractivity contribution in [3.63, 3.8) is 0 Å². The van der Waals surface area contributed by atoms with Crippen molar-refractivity contribution in [1.29, 1.82) is 0 Å². The highest BCUT2D eigenvalue weighted by molar-refractivity contribution is 6.07. The molecule has 0 unspecified atom stereocenters. The Kier molecular flexibility index (Phi) is 4.52. The zero-order chi connectivity index (χ0) is 17.3. The molecular formula is C19H26N2O3. The van der Waals surface area contributed by atoms with Gasteiger partial charge in [0.05, 0.1) is 6.54 Å². The molecule has 24 heavy (non-hydrogen) atoms. The van der Waals surface area contributed by atoms with Crippen molar-refractivity contribution in [1.82, 2.24) is 10.2 Å². The summed E-state index contributed by atoms with van der Waals surface area (Å²) in [4.78, 5) is 26.3. The van der Waals surface area contributed by atoms with Crippen LogP contribution in [0.3, 0.4) is 0 Å².